The molecule has 1 aromatic carbocycles. The molecule has 1 aliphatic rings. The minimum atomic E-state index is 0. The monoisotopic (exact) mass is 269 g/mol. The van der Waals surface area contributed by atoms with E-state index in [0.717, 1.165) is 5.56 Å². The summed E-state index contributed by atoms with van der Waals surface area (Å²) in [4.78, 5) is 12.1. The van der Waals surface area contributed by atoms with Crippen molar-refractivity contribution in [3.63, 3.8) is 0 Å². The van der Waals surface area contributed by atoms with Crippen LogP contribution in [0, 0.1) is 0 Å². The first kappa shape index (κ1) is 14.3. The lowest BCUT2D eigenvalue weighted by atomic mass is 10.1. The van der Waals surface area contributed by atoms with Crippen LogP contribution in [0.2, 0.25) is 0 Å². The van der Waals surface area contributed by atoms with Crippen LogP contribution in [0.1, 0.15) is 17.3 Å². The molecule has 1 aromatic rings. The van der Waals surface area contributed by atoms with Crippen molar-refractivity contribution in [2.75, 3.05) is 13.6 Å². The predicted octanol–water partition coefficient (Wildman–Crippen LogP) is -0.116. The summed E-state index contributed by atoms with van der Waals surface area (Å²) in [5.74, 6) is 0.210. The maximum absolute atomic E-state index is 12.1. The zero-order chi connectivity index (χ0) is 11.6. The number of likely N-dealkylation sites (N-methyl/N-ethyl adjacent to an activating group) is 1. The summed E-state index contributed by atoms with van der Waals surface area (Å²) >= 11 is 1.78. The molecule has 0 spiro atoms. The van der Waals surface area contributed by atoms with Crippen molar-refractivity contribution in [1.29, 1.82) is 0 Å². The van der Waals surface area contributed by atoms with Crippen LogP contribution in [-0.2, 0) is 0 Å². The topological polar surface area (TPSA) is 17.1 Å². The summed E-state index contributed by atoms with van der Waals surface area (Å²) in [6.07, 6.45) is 2.11. The molecule has 2 atom stereocenters. The smallest absolute Gasteiger partial charge is 0.217 e. The fourth-order valence-corrected chi connectivity index (χ4v) is 2.75. The summed E-state index contributed by atoms with van der Waals surface area (Å²) in [7, 11) is 2.10. The third-order valence-electron chi connectivity index (χ3n) is 3.09. The van der Waals surface area contributed by atoms with Crippen LogP contribution in [0.5, 0.6) is 0 Å². The molecule has 4 heteroatoms. The van der Waals surface area contributed by atoms with Gasteiger partial charge in [0, 0.05) is 11.0 Å². The van der Waals surface area contributed by atoms with E-state index < -0.39 is 0 Å². The Morgan fingerprint density at radius 1 is 1.35 bits per heavy atom. The van der Waals surface area contributed by atoms with Crippen LogP contribution in [0.4, 0.5) is 0 Å². The molecule has 0 aliphatic carbocycles. The zero-order valence-corrected chi connectivity index (χ0v) is 11.5. The number of thioether (sulfide) groups is 1. The normalized spacial score (nSPS) is 26.6. The summed E-state index contributed by atoms with van der Waals surface area (Å²) in [6, 6.07) is 9.51. The lowest BCUT2D eigenvalue weighted by molar-refractivity contribution is -0.856. The van der Waals surface area contributed by atoms with E-state index in [-0.39, 0.29) is 18.2 Å². The van der Waals surface area contributed by atoms with Gasteiger partial charge in [-0.05, 0) is 6.92 Å². The van der Waals surface area contributed by atoms with Crippen molar-refractivity contribution >= 4 is 17.5 Å². The molecule has 2 unspecified atom stereocenters. The molecule has 92 valence electrons. The maximum Gasteiger partial charge on any atom is 0.217 e. The van der Waals surface area contributed by atoms with Crippen LogP contribution in [0.3, 0.4) is 0 Å². The second-order valence-electron chi connectivity index (χ2n) is 4.31. The Bertz CT molecular complexity index is 421. The number of halogens is 1. The molecule has 1 heterocycles. The van der Waals surface area contributed by atoms with Gasteiger partial charge in [-0.1, -0.05) is 42.1 Å². The van der Waals surface area contributed by atoms with Gasteiger partial charge in [0.2, 0.25) is 5.78 Å². The Balaban J connectivity index is 0.00000144. The number of ketones is 1. The average molecular weight is 270 g/mol. The Morgan fingerprint density at radius 2 is 2.00 bits per heavy atom. The van der Waals surface area contributed by atoms with Gasteiger partial charge in [0.05, 0.1) is 7.05 Å². The number of Topliss-reactive ketones (excluding diaryl/α,β-unsaturated/α-hetero) is 1. The van der Waals surface area contributed by atoms with Gasteiger partial charge in [0.1, 0.15) is 18.1 Å². The Kier molecular flexibility index (Phi) is 4.80. The fraction of sp³-hybridized carbons (Fsp3) is 0.308. The molecule has 0 bridgehead atoms. The van der Waals surface area contributed by atoms with Crippen molar-refractivity contribution < 1.29 is 21.7 Å². The number of quaternary nitrogens is 1. The van der Waals surface area contributed by atoms with Crippen molar-refractivity contribution in [3.05, 3.63) is 47.5 Å². The van der Waals surface area contributed by atoms with Crippen LogP contribution in [-0.4, -0.2) is 29.2 Å². The quantitative estimate of drug-likeness (QED) is 0.562. The molecule has 0 radical (unpaired) electrons. The largest absolute Gasteiger partial charge is 1.00 e. The molecule has 0 amide bonds. The van der Waals surface area contributed by atoms with E-state index in [0.29, 0.717) is 16.4 Å². The van der Waals surface area contributed by atoms with Gasteiger partial charge >= 0.3 is 0 Å². The third kappa shape index (κ3) is 3.12. The Morgan fingerprint density at radius 3 is 2.53 bits per heavy atom. The van der Waals surface area contributed by atoms with E-state index in [1.807, 2.05) is 30.3 Å². The number of rotatable bonds is 3. The molecule has 2 rings (SSSR count). The standard InChI is InChI=1S/C13H16NOS.ClH/c1-11-14(2,8-9-16-11)10-13(15)12-6-4-3-5-7-12;/h3-9,11H,10H2,1-2H3;1H/q+1;/p-1. The van der Waals surface area contributed by atoms with Crippen molar-refractivity contribution in [1.82, 2.24) is 0 Å². The molecular weight excluding hydrogens is 254 g/mol. The number of carbonyl (C=O) groups is 1. The van der Waals surface area contributed by atoms with Gasteiger partial charge in [-0.15, -0.1) is 0 Å². The molecule has 1 aliphatic heterocycles. The van der Waals surface area contributed by atoms with E-state index in [2.05, 4.69) is 25.6 Å². The zero-order valence-electron chi connectivity index (χ0n) is 9.97. The molecule has 0 aromatic heterocycles. The van der Waals surface area contributed by atoms with Gasteiger partial charge in [0.15, 0.2) is 0 Å². The SMILES string of the molecule is CC1SC=C[N+]1(C)CC(=O)c1ccccc1.[Cl-]. The summed E-state index contributed by atoms with van der Waals surface area (Å²) < 4.78 is 0.693. The van der Waals surface area contributed by atoms with E-state index in [4.69, 9.17) is 0 Å². The number of hydrogen-bond donors (Lipinski definition) is 0. The fourth-order valence-electron chi connectivity index (χ4n) is 1.75. The highest BCUT2D eigenvalue weighted by molar-refractivity contribution is 8.02. The van der Waals surface area contributed by atoms with Gasteiger partial charge in [-0.25, -0.2) is 0 Å². The van der Waals surface area contributed by atoms with E-state index in [1.54, 1.807) is 11.8 Å². The van der Waals surface area contributed by atoms with Gasteiger partial charge in [0.25, 0.3) is 0 Å². The van der Waals surface area contributed by atoms with Crippen molar-refractivity contribution in [2.45, 2.75) is 12.3 Å². The van der Waals surface area contributed by atoms with E-state index in [9.17, 15) is 4.79 Å². The second-order valence-corrected chi connectivity index (χ2v) is 5.54. The number of nitrogens with zero attached hydrogens (tertiary/aromatic N) is 1. The first-order chi connectivity index (χ1) is 7.62. The first-order valence-electron chi connectivity index (χ1n) is 5.38. The van der Waals surface area contributed by atoms with Crippen LogP contribution in [0.25, 0.3) is 0 Å². The number of carbonyl (C=O) groups excluding carboxylic acids is 1. The minimum Gasteiger partial charge on any atom is -1.00 e. The van der Waals surface area contributed by atoms with Crippen molar-refractivity contribution in [3.8, 4) is 0 Å². The molecule has 0 saturated carbocycles. The highest BCUT2D eigenvalue weighted by atomic mass is 35.5. The van der Waals surface area contributed by atoms with Gasteiger partial charge in [-0.3, -0.25) is 9.28 Å². The number of hydrogen-bond acceptors (Lipinski definition) is 2. The average Bonchev–Trinajstić information content (AvgIpc) is 2.60. The van der Waals surface area contributed by atoms with Crippen molar-refractivity contribution in [2.24, 2.45) is 0 Å². The van der Waals surface area contributed by atoms with Crippen LogP contribution in [0.15, 0.2) is 41.9 Å². The summed E-state index contributed by atoms with van der Waals surface area (Å²) in [5, 5.41) is 2.51. The van der Waals surface area contributed by atoms with E-state index >= 15 is 0 Å². The molecule has 17 heavy (non-hydrogen) atoms. The summed E-state index contributed by atoms with van der Waals surface area (Å²) in [6.45, 7) is 2.69. The highest BCUT2D eigenvalue weighted by Gasteiger charge is 2.33. The maximum atomic E-state index is 12.1. The van der Waals surface area contributed by atoms with Gasteiger partial charge in [-0.2, -0.15) is 0 Å². The van der Waals surface area contributed by atoms with Crippen LogP contribution >= 0.6 is 11.8 Å². The second kappa shape index (κ2) is 5.71. The molecule has 0 N–H and O–H groups in total. The lowest BCUT2D eigenvalue weighted by Gasteiger charge is -2.30. The Hall–Kier alpha value is -0.770. The summed E-state index contributed by atoms with van der Waals surface area (Å²) in [5.41, 5.74) is 0.805. The highest BCUT2D eigenvalue weighted by Crippen LogP contribution is 2.30. The minimum absolute atomic E-state index is 0. The molecular formula is C13H16ClNOS. The van der Waals surface area contributed by atoms with Crippen LogP contribution < -0.4 is 12.4 Å². The van der Waals surface area contributed by atoms with Gasteiger partial charge < -0.3 is 12.4 Å². The lowest BCUT2D eigenvalue weighted by Crippen LogP contribution is -3.00. The predicted molar refractivity (Wildman–Crippen MR) is 68.0 cm³/mol. The molecule has 2 nitrogen and oxygen atoms in total. The number of benzene rings is 1. The molecule has 0 saturated heterocycles. The Labute approximate surface area is 113 Å². The molecule has 0 fully saturated rings. The van der Waals surface area contributed by atoms with E-state index in [1.165, 1.54) is 0 Å². The third-order valence-corrected chi connectivity index (χ3v) is 4.24. The first-order valence-corrected chi connectivity index (χ1v) is 6.32.